The van der Waals surface area contributed by atoms with Crippen molar-refractivity contribution in [3.8, 4) is 0 Å². The number of rotatable bonds is 3. The molecule has 3 rings (SSSR count). The van der Waals surface area contributed by atoms with Crippen LogP contribution in [0.15, 0.2) is 24.4 Å². The number of amides is 1. The summed E-state index contributed by atoms with van der Waals surface area (Å²) in [5.74, 6) is 0.0765. The summed E-state index contributed by atoms with van der Waals surface area (Å²) < 4.78 is 4.74. The minimum absolute atomic E-state index is 0.116. The number of hydrogen-bond acceptors (Lipinski definition) is 6. The van der Waals surface area contributed by atoms with E-state index in [2.05, 4.69) is 20.1 Å². The molecule has 0 aromatic carbocycles. The van der Waals surface area contributed by atoms with Gasteiger partial charge in [-0.15, -0.1) is 0 Å². The second-order valence-corrected chi connectivity index (χ2v) is 5.53. The van der Waals surface area contributed by atoms with Crippen LogP contribution >= 0.6 is 0 Å². The summed E-state index contributed by atoms with van der Waals surface area (Å²) in [6, 6.07) is 5.76. The minimum atomic E-state index is -0.559. The molecule has 1 aliphatic heterocycles. The summed E-state index contributed by atoms with van der Waals surface area (Å²) in [4.78, 5) is 32.7. The van der Waals surface area contributed by atoms with Gasteiger partial charge in [-0.2, -0.15) is 5.10 Å². The highest BCUT2D eigenvalue weighted by molar-refractivity contribution is 6.04. The van der Waals surface area contributed by atoms with Crippen molar-refractivity contribution in [1.29, 1.82) is 0 Å². The van der Waals surface area contributed by atoms with Crippen molar-refractivity contribution in [2.75, 3.05) is 38.2 Å². The van der Waals surface area contributed by atoms with Crippen LogP contribution in [0.1, 0.15) is 26.5 Å². The smallest absolute Gasteiger partial charge is 0.342 e. The first-order valence-electron chi connectivity index (χ1n) is 7.70. The Morgan fingerprint density at radius 1 is 1.21 bits per heavy atom. The molecule has 0 saturated carbocycles. The number of carbonyl (C=O) groups is 2. The van der Waals surface area contributed by atoms with Gasteiger partial charge in [0.1, 0.15) is 11.4 Å². The molecular formula is C16H19N5O3. The number of anilines is 1. The summed E-state index contributed by atoms with van der Waals surface area (Å²) in [6.45, 7) is 4.14. The predicted molar refractivity (Wildman–Crippen MR) is 87.0 cm³/mol. The summed E-state index contributed by atoms with van der Waals surface area (Å²) in [6.07, 6.45) is 1.75. The first-order chi connectivity index (χ1) is 11.6. The van der Waals surface area contributed by atoms with Crippen LogP contribution < -0.4 is 4.90 Å². The van der Waals surface area contributed by atoms with E-state index in [9.17, 15) is 9.59 Å². The SMILES string of the molecule is COC(=O)c1c(C(=O)N2CCN(c3ccccn3)CC2)n[nH]c1C. The molecule has 0 aliphatic carbocycles. The van der Waals surface area contributed by atoms with E-state index in [1.165, 1.54) is 7.11 Å². The van der Waals surface area contributed by atoms with E-state index in [1.54, 1.807) is 18.0 Å². The van der Waals surface area contributed by atoms with E-state index in [0.717, 1.165) is 5.82 Å². The number of aryl methyl sites for hydroxylation is 1. The van der Waals surface area contributed by atoms with E-state index in [1.807, 2.05) is 18.2 Å². The zero-order chi connectivity index (χ0) is 17.1. The lowest BCUT2D eigenvalue weighted by Crippen LogP contribution is -2.49. The first-order valence-corrected chi connectivity index (χ1v) is 7.70. The Balaban J connectivity index is 1.71. The fraction of sp³-hybridized carbons (Fsp3) is 0.375. The molecule has 1 fully saturated rings. The normalized spacial score (nSPS) is 14.6. The molecule has 1 saturated heterocycles. The van der Waals surface area contributed by atoms with Crippen LogP contribution in [0.2, 0.25) is 0 Å². The van der Waals surface area contributed by atoms with Crippen LogP contribution in [-0.2, 0) is 4.74 Å². The number of piperazine rings is 1. The van der Waals surface area contributed by atoms with Crippen molar-refractivity contribution in [2.24, 2.45) is 0 Å². The lowest BCUT2D eigenvalue weighted by atomic mass is 10.1. The number of methoxy groups -OCH3 is 1. The highest BCUT2D eigenvalue weighted by Crippen LogP contribution is 2.17. The number of nitrogens with one attached hydrogen (secondary N) is 1. The maximum atomic E-state index is 12.7. The molecule has 24 heavy (non-hydrogen) atoms. The fourth-order valence-corrected chi connectivity index (χ4v) is 2.76. The van der Waals surface area contributed by atoms with Crippen molar-refractivity contribution in [3.63, 3.8) is 0 Å². The largest absolute Gasteiger partial charge is 0.465 e. The number of aromatic amines is 1. The van der Waals surface area contributed by atoms with Crippen LogP contribution in [-0.4, -0.2) is 65.2 Å². The van der Waals surface area contributed by atoms with Gasteiger partial charge in [0.25, 0.3) is 5.91 Å². The zero-order valence-corrected chi connectivity index (χ0v) is 13.7. The molecule has 3 heterocycles. The van der Waals surface area contributed by atoms with Crippen LogP contribution in [0, 0.1) is 6.92 Å². The molecule has 1 aliphatic rings. The molecule has 0 spiro atoms. The second kappa shape index (κ2) is 6.69. The molecule has 8 nitrogen and oxygen atoms in total. The Bertz CT molecular complexity index is 735. The standard InChI is InChI=1S/C16H19N5O3/c1-11-13(16(23)24-2)14(19-18-11)15(22)21-9-7-20(8-10-21)12-5-3-4-6-17-12/h3-6H,7-10H2,1-2H3,(H,18,19). The van der Waals surface area contributed by atoms with E-state index >= 15 is 0 Å². The Hall–Kier alpha value is -2.90. The Labute approximate surface area is 139 Å². The predicted octanol–water partition coefficient (Wildman–Crippen LogP) is 0.862. The van der Waals surface area contributed by atoms with Crippen molar-refractivity contribution >= 4 is 17.7 Å². The zero-order valence-electron chi connectivity index (χ0n) is 13.7. The van der Waals surface area contributed by atoms with Crippen molar-refractivity contribution < 1.29 is 14.3 Å². The maximum Gasteiger partial charge on any atom is 0.342 e. The van der Waals surface area contributed by atoms with Crippen LogP contribution in [0.5, 0.6) is 0 Å². The minimum Gasteiger partial charge on any atom is -0.465 e. The monoisotopic (exact) mass is 329 g/mol. The summed E-state index contributed by atoms with van der Waals surface area (Å²) in [7, 11) is 1.29. The highest BCUT2D eigenvalue weighted by atomic mass is 16.5. The molecule has 0 unspecified atom stereocenters. The average Bonchev–Trinajstić information content (AvgIpc) is 3.03. The van der Waals surface area contributed by atoms with Gasteiger partial charge >= 0.3 is 5.97 Å². The number of esters is 1. The Kier molecular flexibility index (Phi) is 4.45. The summed E-state index contributed by atoms with van der Waals surface area (Å²) in [5.41, 5.74) is 0.845. The lowest BCUT2D eigenvalue weighted by molar-refractivity contribution is 0.0588. The maximum absolute atomic E-state index is 12.7. The Morgan fingerprint density at radius 2 is 1.96 bits per heavy atom. The van der Waals surface area contributed by atoms with Gasteiger partial charge in [0.2, 0.25) is 0 Å². The van der Waals surface area contributed by atoms with Gasteiger partial charge in [0, 0.05) is 38.1 Å². The summed E-state index contributed by atoms with van der Waals surface area (Å²) >= 11 is 0. The van der Waals surface area contributed by atoms with E-state index in [0.29, 0.717) is 31.9 Å². The molecule has 0 radical (unpaired) electrons. The topological polar surface area (TPSA) is 91.4 Å². The molecule has 0 atom stereocenters. The number of H-pyrrole nitrogens is 1. The van der Waals surface area contributed by atoms with Crippen LogP contribution in [0.4, 0.5) is 5.82 Å². The van der Waals surface area contributed by atoms with E-state index in [4.69, 9.17) is 4.74 Å². The third-order valence-electron chi connectivity index (χ3n) is 4.08. The van der Waals surface area contributed by atoms with Gasteiger partial charge in [-0.05, 0) is 19.1 Å². The number of aromatic nitrogens is 3. The fourth-order valence-electron chi connectivity index (χ4n) is 2.76. The van der Waals surface area contributed by atoms with Gasteiger partial charge in [0.15, 0.2) is 5.69 Å². The van der Waals surface area contributed by atoms with Crippen LogP contribution in [0.3, 0.4) is 0 Å². The lowest BCUT2D eigenvalue weighted by Gasteiger charge is -2.35. The highest BCUT2D eigenvalue weighted by Gasteiger charge is 2.29. The van der Waals surface area contributed by atoms with Gasteiger partial charge in [-0.3, -0.25) is 9.89 Å². The number of pyridine rings is 1. The van der Waals surface area contributed by atoms with Crippen molar-refractivity contribution in [1.82, 2.24) is 20.1 Å². The van der Waals surface area contributed by atoms with Crippen LogP contribution in [0.25, 0.3) is 0 Å². The molecule has 8 heteroatoms. The summed E-state index contributed by atoms with van der Waals surface area (Å²) in [5, 5.41) is 6.68. The number of carbonyl (C=O) groups excluding carboxylic acids is 2. The quantitative estimate of drug-likeness (QED) is 0.840. The molecular weight excluding hydrogens is 310 g/mol. The van der Waals surface area contributed by atoms with E-state index in [-0.39, 0.29) is 17.2 Å². The first kappa shape index (κ1) is 16.0. The third-order valence-corrected chi connectivity index (χ3v) is 4.08. The second-order valence-electron chi connectivity index (χ2n) is 5.53. The number of nitrogens with zero attached hydrogens (tertiary/aromatic N) is 4. The molecule has 2 aromatic heterocycles. The Morgan fingerprint density at radius 3 is 2.58 bits per heavy atom. The molecule has 126 valence electrons. The molecule has 0 bridgehead atoms. The van der Waals surface area contributed by atoms with Crippen molar-refractivity contribution in [3.05, 3.63) is 41.3 Å². The van der Waals surface area contributed by atoms with Gasteiger partial charge < -0.3 is 14.5 Å². The van der Waals surface area contributed by atoms with Gasteiger partial charge in [-0.1, -0.05) is 6.07 Å². The third kappa shape index (κ3) is 2.94. The van der Waals surface area contributed by atoms with Crippen molar-refractivity contribution in [2.45, 2.75) is 6.92 Å². The number of ether oxygens (including phenoxy) is 1. The van der Waals surface area contributed by atoms with Gasteiger partial charge in [-0.25, -0.2) is 9.78 Å². The molecule has 1 amide bonds. The van der Waals surface area contributed by atoms with Gasteiger partial charge in [0.05, 0.1) is 7.11 Å². The molecule has 1 N–H and O–H groups in total. The van der Waals surface area contributed by atoms with E-state index < -0.39 is 5.97 Å². The average molecular weight is 329 g/mol. The molecule has 2 aromatic rings. The number of hydrogen-bond donors (Lipinski definition) is 1.